The van der Waals surface area contributed by atoms with E-state index in [1.165, 1.54) is 0 Å². The Bertz CT molecular complexity index is 591. The van der Waals surface area contributed by atoms with E-state index in [0.717, 1.165) is 11.1 Å². The van der Waals surface area contributed by atoms with Crippen LogP contribution >= 0.6 is 11.6 Å². The van der Waals surface area contributed by atoms with Crippen molar-refractivity contribution in [2.45, 2.75) is 13.2 Å². The summed E-state index contributed by atoms with van der Waals surface area (Å²) in [6.45, 7) is 0.728. The maximum absolute atomic E-state index is 6.13. The molecule has 4 nitrogen and oxygen atoms in total. The SMILES string of the molecule is COc1cc(CN)cc(OC)c1OCc1ccccc1Cl. The molecule has 0 aliphatic carbocycles. The van der Waals surface area contributed by atoms with E-state index in [9.17, 15) is 0 Å². The topological polar surface area (TPSA) is 53.7 Å². The van der Waals surface area contributed by atoms with Gasteiger partial charge in [-0.1, -0.05) is 29.8 Å². The van der Waals surface area contributed by atoms with Crippen molar-refractivity contribution in [2.24, 2.45) is 5.73 Å². The maximum Gasteiger partial charge on any atom is 0.203 e. The molecule has 0 saturated carbocycles. The van der Waals surface area contributed by atoms with Crippen LogP contribution in [0.2, 0.25) is 5.02 Å². The van der Waals surface area contributed by atoms with Crippen LogP contribution in [0.25, 0.3) is 0 Å². The molecular formula is C16H18ClNO3. The molecule has 112 valence electrons. The molecule has 2 rings (SSSR count). The summed E-state index contributed by atoms with van der Waals surface area (Å²) in [6, 6.07) is 11.2. The Morgan fingerprint density at radius 1 is 1.05 bits per heavy atom. The van der Waals surface area contributed by atoms with Crippen LogP contribution in [0, 0.1) is 0 Å². The first-order valence-corrected chi connectivity index (χ1v) is 6.88. The van der Waals surface area contributed by atoms with Crippen LogP contribution in [0.5, 0.6) is 17.2 Å². The Morgan fingerprint density at radius 3 is 2.19 bits per heavy atom. The van der Waals surface area contributed by atoms with Gasteiger partial charge in [0.25, 0.3) is 0 Å². The van der Waals surface area contributed by atoms with Gasteiger partial charge in [-0.3, -0.25) is 0 Å². The highest BCUT2D eigenvalue weighted by Crippen LogP contribution is 2.39. The molecule has 0 aliphatic heterocycles. The van der Waals surface area contributed by atoms with Crippen LogP contribution < -0.4 is 19.9 Å². The second-order valence-corrected chi connectivity index (χ2v) is 4.82. The van der Waals surface area contributed by atoms with Gasteiger partial charge in [0.05, 0.1) is 14.2 Å². The molecule has 5 heteroatoms. The molecule has 0 fully saturated rings. The smallest absolute Gasteiger partial charge is 0.203 e. The zero-order valence-electron chi connectivity index (χ0n) is 12.1. The lowest BCUT2D eigenvalue weighted by Crippen LogP contribution is -2.03. The molecule has 0 aliphatic rings. The van der Waals surface area contributed by atoms with Gasteiger partial charge >= 0.3 is 0 Å². The minimum atomic E-state index is 0.328. The third-order valence-corrected chi connectivity index (χ3v) is 3.45. The highest BCUT2D eigenvalue weighted by Gasteiger charge is 2.14. The van der Waals surface area contributed by atoms with Crippen LogP contribution in [0.4, 0.5) is 0 Å². The van der Waals surface area contributed by atoms with Gasteiger partial charge in [-0.15, -0.1) is 0 Å². The standard InChI is InChI=1S/C16H18ClNO3/c1-19-14-7-11(9-18)8-15(20-2)16(14)21-10-12-5-3-4-6-13(12)17/h3-8H,9-10,18H2,1-2H3. The van der Waals surface area contributed by atoms with Gasteiger partial charge in [-0.05, 0) is 23.8 Å². The highest BCUT2D eigenvalue weighted by molar-refractivity contribution is 6.31. The van der Waals surface area contributed by atoms with Crippen LogP contribution in [0.1, 0.15) is 11.1 Å². The second-order valence-electron chi connectivity index (χ2n) is 4.41. The molecule has 0 spiro atoms. The van der Waals surface area contributed by atoms with Crippen LogP contribution in [0.15, 0.2) is 36.4 Å². The Morgan fingerprint density at radius 2 is 1.67 bits per heavy atom. The molecule has 0 unspecified atom stereocenters. The molecule has 21 heavy (non-hydrogen) atoms. The Balaban J connectivity index is 2.28. The third-order valence-electron chi connectivity index (χ3n) is 3.09. The van der Waals surface area contributed by atoms with E-state index in [4.69, 9.17) is 31.5 Å². The van der Waals surface area contributed by atoms with Crippen molar-refractivity contribution in [2.75, 3.05) is 14.2 Å². The van der Waals surface area contributed by atoms with Crippen LogP contribution in [-0.4, -0.2) is 14.2 Å². The first-order chi connectivity index (χ1) is 10.2. The first-order valence-electron chi connectivity index (χ1n) is 6.50. The zero-order valence-corrected chi connectivity index (χ0v) is 12.8. The van der Waals surface area contributed by atoms with Crippen molar-refractivity contribution in [3.63, 3.8) is 0 Å². The number of halogens is 1. The third kappa shape index (κ3) is 3.60. The molecule has 2 aromatic rings. The number of benzene rings is 2. The molecule has 2 aromatic carbocycles. The van der Waals surface area contributed by atoms with Crippen LogP contribution in [-0.2, 0) is 13.2 Å². The molecule has 0 bridgehead atoms. The Kier molecular flexibility index (Phi) is 5.31. The average molecular weight is 308 g/mol. The number of hydrogen-bond donors (Lipinski definition) is 1. The fourth-order valence-corrected chi connectivity index (χ4v) is 2.15. The van der Waals surface area contributed by atoms with Gasteiger partial charge in [-0.2, -0.15) is 0 Å². The van der Waals surface area contributed by atoms with Gasteiger partial charge in [0, 0.05) is 17.1 Å². The van der Waals surface area contributed by atoms with Gasteiger partial charge in [0.2, 0.25) is 5.75 Å². The predicted octanol–water partition coefficient (Wildman–Crippen LogP) is 3.39. The zero-order chi connectivity index (χ0) is 15.2. The number of nitrogens with two attached hydrogens (primary N) is 1. The summed E-state index contributed by atoms with van der Waals surface area (Å²) in [5.74, 6) is 1.71. The summed E-state index contributed by atoms with van der Waals surface area (Å²) in [6.07, 6.45) is 0. The molecule has 2 N–H and O–H groups in total. The summed E-state index contributed by atoms with van der Waals surface area (Å²) in [7, 11) is 3.16. The summed E-state index contributed by atoms with van der Waals surface area (Å²) in [5.41, 5.74) is 7.47. The van der Waals surface area contributed by atoms with Crippen molar-refractivity contribution in [3.05, 3.63) is 52.5 Å². The maximum atomic E-state index is 6.13. The number of methoxy groups -OCH3 is 2. The average Bonchev–Trinajstić information content (AvgIpc) is 2.53. The minimum Gasteiger partial charge on any atom is -0.493 e. The van der Waals surface area contributed by atoms with E-state index in [1.807, 2.05) is 36.4 Å². The van der Waals surface area contributed by atoms with Crippen LogP contribution in [0.3, 0.4) is 0 Å². The number of hydrogen-bond acceptors (Lipinski definition) is 4. The van der Waals surface area contributed by atoms with E-state index in [2.05, 4.69) is 0 Å². The second kappa shape index (κ2) is 7.20. The highest BCUT2D eigenvalue weighted by atomic mass is 35.5. The molecule has 0 radical (unpaired) electrons. The van der Waals surface area contributed by atoms with Crippen molar-refractivity contribution in [1.29, 1.82) is 0 Å². The summed E-state index contributed by atoms with van der Waals surface area (Å²) < 4.78 is 16.6. The van der Waals surface area contributed by atoms with Gasteiger partial charge in [0.1, 0.15) is 6.61 Å². The van der Waals surface area contributed by atoms with Crippen molar-refractivity contribution in [1.82, 2.24) is 0 Å². The van der Waals surface area contributed by atoms with E-state index in [1.54, 1.807) is 14.2 Å². The predicted molar refractivity (Wildman–Crippen MR) is 83.2 cm³/mol. The van der Waals surface area contributed by atoms with Crippen molar-refractivity contribution >= 4 is 11.6 Å². The Hall–Kier alpha value is -1.91. The fraction of sp³-hybridized carbons (Fsp3) is 0.250. The van der Waals surface area contributed by atoms with E-state index >= 15 is 0 Å². The van der Waals surface area contributed by atoms with E-state index < -0.39 is 0 Å². The molecule has 0 saturated heterocycles. The van der Waals surface area contributed by atoms with E-state index in [-0.39, 0.29) is 0 Å². The molecule has 0 aromatic heterocycles. The molecule has 0 amide bonds. The first kappa shape index (κ1) is 15.5. The van der Waals surface area contributed by atoms with Gasteiger partial charge in [0.15, 0.2) is 11.5 Å². The molecule has 0 atom stereocenters. The number of ether oxygens (including phenoxy) is 3. The quantitative estimate of drug-likeness (QED) is 0.888. The largest absolute Gasteiger partial charge is 0.493 e. The fourth-order valence-electron chi connectivity index (χ4n) is 1.96. The number of rotatable bonds is 6. The lowest BCUT2D eigenvalue weighted by Gasteiger charge is -2.16. The lowest BCUT2D eigenvalue weighted by atomic mass is 10.2. The summed E-state index contributed by atoms with van der Waals surface area (Å²) in [5, 5.41) is 0.661. The minimum absolute atomic E-state index is 0.328. The normalized spacial score (nSPS) is 10.3. The van der Waals surface area contributed by atoms with Gasteiger partial charge < -0.3 is 19.9 Å². The monoisotopic (exact) mass is 307 g/mol. The van der Waals surface area contributed by atoms with Crippen molar-refractivity contribution in [3.8, 4) is 17.2 Å². The molecular weight excluding hydrogens is 290 g/mol. The van der Waals surface area contributed by atoms with E-state index in [0.29, 0.717) is 35.4 Å². The molecule has 0 heterocycles. The van der Waals surface area contributed by atoms with Gasteiger partial charge in [-0.25, -0.2) is 0 Å². The Labute approximate surface area is 129 Å². The summed E-state index contributed by atoms with van der Waals surface area (Å²) in [4.78, 5) is 0. The summed E-state index contributed by atoms with van der Waals surface area (Å²) >= 11 is 6.13. The van der Waals surface area contributed by atoms with Crippen molar-refractivity contribution < 1.29 is 14.2 Å². The lowest BCUT2D eigenvalue weighted by molar-refractivity contribution is 0.265.